The molecule has 0 saturated carbocycles. The van der Waals surface area contributed by atoms with Crippen LogP contribution in [-0.2, 0) is 0 Å². The number of benzene rings is 5. The van der Waals surface area contributed by atoms with Crippen molar-refractivity contribution in [3.63, 3.8) is 0 Å². The van der Waals surface area contributed by atoms with Crippen molar-refractivity contribution in [1.82, 2.24) is 4.98 Å². The van der Waals surface area contributed by atoms with Crippen molar-refractivity contribution in [3.8, 4) is 44.5 Å². The van der Waals surface area contributed by atoms with Crippen LogP contribution in [0.2, 0.25) is 0 Å². The van der Waals surface area contributed by atoms with Gasteiger partial charge in [0.2, 0.25) is 0 Å². The first-order valence-electron chi connectivity index (χ1n) is 12.0. The summed E-state index contributed by atoms with van der Waals surface area (Å²) < 4.78 is 0. The van der Waals surface area contributed by atoms with E-state index in [2.05, 4.69) is 127 Å². The second-order valence-corrected chi connectivity index (χ2v) is 9.04. The Kier molecular flexibility index (Phi) is 5.44. The van der Waals surface area contributed by atoms with Gasteiger partial charge in [-0.3, -0.25) is 4.98 Å². The molecule has 0 N–H and O–H groups in total. The number of fused-ring (bicyclic) bond motifs is 1. The lowest BCUT2D eigenvalue weighted by molar-refractivity contribution is 1.33. The van der Waals surface area contributed by atoms with E-state index in [4.69, 9.17) is 0 Å². The zero-order valence-corrected chi connectivity index (χ0v) is 19.6. The predicted octanol–water partition coefficient (Wildman–Crippen LogP) is 9.21. The molecule has 0 aliphatic rings. The number of nitrogens with zero attached hydrogens (tertiary/aromatic N) is 1. The summed E-state index contributed by atoms with van der Waals surface area (Å²) in [6.45, 7) is 2.12. The van der Waals surface area contributed by atoms with Crippen LogP contribution in [0.4, 0.5) is 0 Å². The smallest absolute Gasteiger partial charge is 0.0346 e. The molecule has 0 atom stereocenters. The third kappa shape index (κ3) is 4.37. The third-order valence-corrected chi connectivity index (χ3v) is 6.66. The fourth-order valence-electron chi connectivity index (χ4n) is 4.60. The number of hydrogen-bond donors (Lipinski definition) is 0. The Hall–Kier alpha value is -4.49. The second kappa shape index (κ2) is 9.04. The van der Waals surface area contributed by atoms with Gasteiger partial charge < -0.3 is 0 Å². The van der Waals surface area contributed by atoms with Crippen molar-refractivity contribution in [2.45, 2.75) is 6.92 Å². The summed E-state index contributed by atoms with van der Waals surface area (Å²) in [7, 11) is 0. The summed E-state index contributed by atoms with van der Waals surface area (Å²) >= 11 is 0. The van der Waals surface area contributed by atoms with Gasteiger partial charge in [0.1, 0.15) is 0 Å². The van der Waals surface area contributed by atoms with Crippen molar-refractivity contribution < 1.29 is 0 Å². The van der Waals surface area contributed by atoms with Crippen LogP contribution in [-0.4, -0.2) is 4.98 Å². The Morgan fingerprint density at radius 2 is 0.829 bits per heavy atom. The van der Waals surface area contributed by atoms with E-state index in [1.165, 1.54) is 55.3 Å². The van der Waals surface area contributed by atoms with Gasteiger partial charge in [-0.05, 0) is 80.4 Å². The average molecular weight is 448 g/mol. The molecule has 0 aliphatic heterocycles. The summed E-state index contributed by atoms with van der Waals surface area (Å²) in [5.74, 6) is 0. The van der Waals surface area contributed by atoms with E-state index in [0.29, 0.717) is 0 Å². The number of aromatic nitrogens is 1. The normalized spacial score (nSPS) is 11.0. The van der Waals surface area contributed by atoms with Crippen molar-refractivity contribution in [2.24, 2.45) is 0 Å². The number of hydrogen-bond acceptors (Lipinski definition) is 1. The van der Waals surface area contributed by atoms with Gasteiger partial charge in [-0.25, -0.2) is 0 Å². The fraction of sp³-hybridized carbons (Fsp3) is 0.0294. The molecular weight excluding hydrogens is 422 g/mol. The molecule has 1 heteroatoms. The van der Waals surface area contributed by atoms with Crippen LogP contribution in [0.15, 0.2) is 134 Å². The van der Waals surface area contributed by atoms with Gasteiger partial charge in [0.25, 0.3) is 0 Å². The lowest BCUT2D eigenvalue weighted by Crippen LogP contribution is -1.84. The topological polar surface area (TPSA) is 12.9 Å². The molecule has 0 unspecified atom stereocenters. The minimum absolute atomic E-state index is 1.13. The molecule has 1 aromatic heterocycles. The van der Waals surface area contributed by atoms with E-state index in [1.54, 1.807) is 6.20 Å². The highest BCUT2D eigenvalue weighted by molar-refractivity contribution is 5.91. The number of pyridine rings is 1. The molecule has 0 aliphatic carbocycles. The lowest BCUT2D eigenvalue weighted by Gasteiger charge is -2.09. The molecule has 0 fully saturated rings. The monoisotopic (exact) mass is 447 g/mol. The predicted molar refractivity (Wildman–Crippen MR) is 148 cm³/mol. The van der Waals surface area contributed by atoms with E-state index < -0.39 is 0 Å². The van der Waals surface area contributed by atoms with Crippen LogP contribution in [0.5, 0.6) is 0 Å². The van der Waals surface area contributed by atoms with Crippen LogP contribution in [0, 0.1) is 6.92 Å². The second-order valence-electron chi connectivity index (χ2n) is 9.04. The third-order valence-electron chi connectivity index (χ3n) is 6.66. The molecular formula is C34H25N. The SMILES string of the molecule is Cc1ccc(-c2ccc(-c3ccc4ccc(-c5ccc(-c6cccnc6)cc5)cc4c3)cc2)cc1. The van der Waals surface area contributed by atoms with E-state index in [9.17, 15) is 0 Å². The molecule has 0 spiro atoms. The Labute approximate surface area is 206 Å². The first kappa shape index (κ1) is 21.1. The van der Waals surface area contributed by atoms with Crippen molar-refractivity contribution in [3.05, 3.63) is 139 Å². The molecule has 166 valence electrons. The quantitative estimate of drug-likeness (QED) is 0.262. The number of aryl methyl sites for hydroxylation is 1. The maximum absolute atomic E-state index is 4.23. The van der Waals surface area contributed by atoms with Crippen LogP contribution < -0.4 is 0 Å². The maximum atomic E-state index is 4.23. The summed E-state index contributed by atoms with van der Waals surface area (Å²) in [6.07, 6.45) is 3.71. The zero-order valence-electron chi connectivity index (χ0n) is 19.6. The van der Waals surface area contributed by atoms with Crippen molar-refractivity contribution in [1.29, 1.82) is 0 Å². The van der Waals surface area contributed by atoms with Gasteiger partial charge in [0.15, 0.2) is 0 Å². The number of rotatable bonds is 4. The maximum Gasteiger partial charge on any atom is 0.0346 e. The van der Waals surface area contributed by atoms with Gasteiger partial charge in [0, 0.05) is 12.4 Å². The first-order chi connectivity index (χ1) is 17.2. The molecule has 35 heavy (non-hydrogen) atoms. The van der Waals surface area contributed by atoms with Crippen LogP contribution in [0.25, 0.3) is 55.3 Å². The molecule has 0 bridgehead atoms. The van der Waals surface area contributed by atoms with Gasteiger partial charge in [-0.15, -0.1) is 0 Å². The highest BCUT2D eigenvalue weighted by atomic mass is 14.6. The summed E-state index contributed by atoms with van der Waals surface area (Å²) in [5.41, 5.74) is 11.0. The molecule has 0 amide bonds. The van der Waals surface area contributed by atoms with Gasteiger partial charge in [-0.1, -0.05) is 109 Å². The van der Waals surface area contributed by atoms with E-state index in [0.717, 1.165) is 5.56 Å². The summed E-state index contributed by atoms with van der Waals surface area (Å²) in [6, 6.07) is 43.8. The molecule has 6 rings (SSSR count). The molecule has 1 heterocycles. The highest BCUT2D eigenvalue weighted by Gasteiger charge is 2.05. The summed E-state index contributed by atoms with van der Waals surface area (Å²) in [4.78, 5) is 4.23. The van der Waals surface area contributed by atoms with Gasteiger partial charge >= 0.3 is 0 Å². The van der Waals surface area contributed by atoms with Crippen LogP contribution in [0.3, 0.4) is 0 Å². The van der Waals surface area contributed by atoms with Crippen molar-refractivity contribution in [2.75, 3.05) is 0 Å². The van der Waals surface area contributed by atoms with E-state index in [-0.39, 0.29) is 0 Å². The molecule has 0 radical (unpaired) electrons. The molecule has 1 nitrogen and oxygen atoms in total. The Morgan fingerprint density at radius 1 is 0.400 bits per heavy atom. The van der Waals surface area contributed by atoms with Gasteiger partial charge in [0.05, 0.1) is 0 Å². The standard InChI is InChI=1S/C34H25N/c1-24-4-6-25(7-5-24)26-8-10-27(11-9-26)31-18-16-30-17-19-32(22-34(30)21-31)28-12-14-29(15-13-28)33-3-2-20-35-23-33/h2-23H,1H3. The van der Waals surface area contributed by atoms with E-state index >= 15 is 0 Å². The van der Waals surface area contributed by atoms with Crippen molar-refractivity contribution >= 4 is 10.8 Å². The Bertz CT molecular complexity index is 1600. The van der Waals surface area contributed by atoms with E-state index in [1.807, 2.05) is 12.3 Å². The average Bonchev–Trinajstić information content (AvgIpc) is 2.93. The highest BCUT2D eigenvalue weighted by Crippen LogP contribution is 2.31. The minimum atomic E-state index is 1.13. The minimum Gasteiger partial charge on any atom is -0.264 e. The Morgan fingerprint density at radius 3 is 1.31 bits per heavy atom. The van der Waals surface area contributed by atoms with Crippen LogP contribution >= 0.6 is 0 Å². The lowest BCUT2D eigenvalue weighted by atomic mass is 9.95. The zero-order chi connectivity index (χ0) is 23.6. The molecule has 6 aromatic rings. The van der Waals surface area contributed by atoms with Gasteiger partial charge in [-0.2, -0.15) is 0 Å². The molecule has 0 saturated heterocycles. The van der Waals surface area contributed by atoms with Crippen LogP contribution in [0.1, 0.15) is 5.56 Å². The largest absolute Gasteiger partial charge is 0.264 e. The Balaban J connectivity index is 1.30. The first-order valence-corrected chi connectivity index (χ1v) is 12.0. The molecule has 5 aromatic carbocycles. The summed E-state index contributed by atoms with van der Waals surface area (Å²) in [5, 5.41) is 2.50. The fourth-order valence-corrected chi connectivity index (χ4v) is 4.60.